The lowest BCUT2D eigenvalue weighted by Crippen LogP contribution is -2.01. The van der Waals surface area contributed by atoms with E-state index in [1.54, 1.807) is 0 Å². The summed E-state index contributed by atoms with van der Waals surface area (Å²) in [6.45, 7) is 3.44. The van der Waals surface area contributed by atoms with Crippen molar-refractivity contribution in [3.05, 3.63) is 24.4 Å². The summed E-state index contributed by atoms with van der Waals surface area (Å²) >= 11 is 0. The largest absolute Gasteiger partial charge is 0.481 e. The third kappa shape index (κ3) is 3.54. The normalized spacial score (nSPS) is 11.9. The summed E-state index contributed by atoms with van der Waals surface area (Å²) in [4.78, 5) is 3.70. The average molecular weight is 141 g/mol. The highest BCUT2D eigenvalue weighted by atomic mass is 16.5. The molecular weight excluding hydrogens is 130 g/mol. The predicted octanol–water partition coefficient (Wildman–Crippen LogP) is -0.0664. The zero-order valence-corrected chi connectivity index (χ0v) is 5.87. The van der Waals surface area contributed by atoms with E-state index in [1.807, 2.05) is 0 Å². The molecule has 0 aromatic heterocycles. The molecule has 0 aliphatic rings. The number of rotatable bonds is 3. The summed E-state index contributed by atoms with van der Waals surface area (Å²) in [5.74, 6) is 0.296. The first kappa shape index (κ1) is 8.55. The van der Waals surface area contributed by atoms with Crippen molar-refractivity contribution in [2.45, 2.75) is 0 Å². The lowest BCUT2D eigenvalue weighted by molar-refractivity contribution is 0.291. The highest BCUT2D eigenvalue weighted by Gasteiger charge is 1.82. The number of allylic oxidation sites excluding steroid dienone is 1. The van der Waals surface area contributed by atoms with Crippen LogP contribution in [0.15, 0.2) is 29.4 Å². The van der Waals surface area contributed by atoms with Gasteiger partial charge < -0.3 is 16.2 Å². The van der Waals surface area contributed by atoms with Crippen molar-refractivity contribution in [3.8, 4) is 0 Å². The Bertz CT molecular complexity index is 172. The number of aliphatic imine (C=N–C) groups is 1. The van der Waals surface area contributed by atoms with Crippen LogP contribution in [0.3, 0.4) is 0 Å². The number of nitrogens with zero attached hydrogens (tertiary/aromatic N) is 1. The first-order chi connectivity index (χ1) is 4.70. The van der Waals surface area contributed by atoms with Gasteiger partial charge in [0.25, 0.3) is 0 Å². The van der Waals surface area contributed by atoms with Crippen molar-refractivity contribution in [1.82, 2.24) is 0 Å². The predicted molar refractivity (Wildman–Crippen MR) is 41.1 cm³/mol. The molecule has 0 heterocycles. The first-order valence-electron chi connectivity index (χ1n) is 2.65. The average Bonchev–Trinajstić information content (AvgIpc) is 1.99. The maximum Gasteiger partial charge on any atom is 0.205 e. The standard InChI is InChI=1S/C6H11N3O/c1-5(10-2)9-4-6(8)3-7/h3-4H,1,7-8H2,2H3/b6-3+,9-4-. The second kappa shape index (κ2) is 4.43. The third-order valence-electron chi connectivity index (χ3n) is 0.786. The van der Waals surface area contributed by atoms with Gasteiger partial charge in [-0.15, -0.1) is 0 Å². The van der Waals surface area contributed by atoms with Gasteiger partial charge in [0.1, 0.15) is 0 Å². The fourth-order valence-corrected chi connectivity index (χ4v) is 0.242. The molecular formula is C6H11N3O. The van der Waals surface area contributed by atoms with Crippen LogP contribution in [0.25, 0.3) is 0 Å². The van der Waals surface area contributed by atoms with E-state index in [-0.39, 0.29) is 0 Å². The number of hydrogen-bond acceptors (Lipinski definition) is 4. The van der Waals surface area contributed by atoms with Gasteiger partial charge in [-0.2, -0.15) is 0 Å². The van der Waals surface area contributed by atoms with Gasteiger partial charge >= 0.3 is 0 Å². The van der Waals surface area contributed by atoms with Crippen LogP contribution in [0.5, 0.6) is 0 Å². The van der Waals surface area contributed by atoms with Gasteiger partial charge in [0, 0.05) is 6.20 Å². The van der Waals surface area contributed by atoms with Crippen LogP contribution in [-0.4, -0.2) is 13.3 Å². The molecule has 4 nitrogen and oxygen atoms in total. The van der Waals surface area contributed by atoms with E-state index in [2.05, 4.69) is 16.3 Å². The van der Waals surface area contributed by atoms with Gasteiger partial charge in [-0.1, -0.05) is 0 Å². The summed E-state index contributed by atoms with van der Waals surface area (Å²) in [5.41, 5.74) is 10.7. The van der Waals surface area contributed by atoms with E-state index in [9.17, 15) is 0 Å². The van der Waals surface area contributed by atoms with E-state index in [0.717, 1.165) is 0 Å². The monoisotopic (exact) mass is 141 g/mol. The molecule has 0 amide bonds. The molecule has 0 aliphatic heterocycles. The minimum atomic E-state index is 0.296. The van der Waals surface area contributed by atoms with Crippen molar-refractivity contribution in [3.63, 3.8) is 0 Å². The molecule has 10 heavy (non-hydrogen) atoms. The molecule has 0 bridgehead atoms. The molecule has 4 heteroatoms. The SMILES string of the molecule is C=C(/N=C\C(N)=C/N)OC. The maximum absolute atomic E-state index is 5.27. The van der Waals surface area contributed by atoms with E-state index < -0.39 is 0 Å². The Morgan fingerprint density at radius 3 is 2.70 bits per heavy atom. The van der Waals surface area contributed by atoms with E-state index in [4.69, 9.17) is 11.5 Å². The minimum absolute atomic E-state index is 0.296. The highest BCUT2D eigenvalue weighted by Crippen LogP contribution is 1.90. The maximum atomic E-state index is 5.27. The quantitative estimate of drug-likeness (QED) is 0.427. The Labute approximate surface area is 59.9 Å². The van der Waals surface area contributed by atoms with Gasteiger partial charge in [0.15, 0.2) is 0 Å². The fraction of sp³-hybridized carbons (Fsp3) is 0.167. The molecule has 0 rings (SSSR count). The van der Waals surface area contributed by atoms with Crippen LogP contribution in [0.1, 0.15) is 0 Å². The third-order valence-corrected chi connectivity index (χ3v) is 0.786. The van der Waals surface area contributed by atoms with Gasteiger partial charge in [0.2, 0.25) is 5.88 Å². The Morgan fingerprint density at radius 2 is 2.30 bits per heavy atom. The van der Waals surface area contributed by atoms with Crippen LogP contribution in [-0.2, 0) is 4.74 Å². The molecule has 0 unspecified atom stereocenters. The Morgan fingerprint density at radius 1 is 1.70 bits per heavy atom. The second-order valence-corrected chi connectivity index (χ2v) is 1.52. The lowest BCUT2D eigenvalue weighted by Gasteiger charge is -1.94. The van der Waals surface area contributed by atoms with Crippen molar-refractivity contribution in [2.75, 3.05) is 7.11 Å². The molecule has 0 aromatic rings. The first-order valence-corrected chi connectivity index (χ1v) is 2.65. The van der Waals surface area contributed by atoms with Crippen LogP contribution in [0.2, 0.25) is 0 Å². The molecule has 0 aromatic carbocycles. The molecule has 0 spiro atoms. The van der Waals surface area contributed by atoms with E-state index >= 15 is 0 Å². The number of methoxy groups -OCH3 is 1. The summed E-state index contributed by atoms with van der Waals surface area (Å²) in [5, 5.41) is 0. The minimum Gasteiger partial charge on any atom is -0.481 e. The molecule has 0 radical (unpaired) electrons. The topological polar surface area (TPSA) is 73.6 Å². The van der Waals surface area contributed by atoms with Crippen LogP contribution in [0.4, 0.5) is 0 Å². The summed E-state index contributed by atoms with van der Waals surface area (Å²) in [6, 6.07) is 0. The van der Waals surface area contributed by atoms with Crippen LogP contribution in [0, 0.1) is 0 Å². The van der Waals surface area contributed by atoms with Crippen molar-refractivity contribution < 1.29 is 4.74 Å². The second-order valence-electron chi connectivity index (χ2n) is 1.52. The van der Waals surface area contributed by atoms with Gasteiger partial charge in [-0.3, -0.25) is 0 Å². The summed E-state index contributed by atoms with van der Waals surface area (Å²) < 4.78 is 4.63. The highest BCUT2D eigenvalue weighted by molar-refractivity contribution is 5.77. The lowest BCUT2D eigenvalue weighted by atomic mass is 10.5. The van der Waals surface area contributed by atoms with E-state index in [1.165, 1.54) is 19.5 Å². The van der Waals surface area contributed by atoms with Crippen molar-refractivity contribution in [2.24, 2.45) is 16.5 Å². The zero-order valence-electron chi connectivity index (χ0n) is 5.87. The molecule has 56 valence electrons. The van der Waals surface area contributed by atoms with Gasteiger partial charge in [-0.05, 0) is 6.58 Å². The van der Waals surface area contributed by atoms with Gasteiger partial charge in [0.05, 0.1) is 19.0 Å². The summed E-state index contributed by atoms with van der Waals surface area (Å²) in [6.07, 6.45) is 2.61. The van der Waals surface area contributed by atoms with Crippen molar-refractivity contribution in [1.29, 1.82) is 0 Å². The van der Waals surface area contributed by atoms with E-state index in [0.29, 0.717) is 11.6 Å². The molecule has 0 aliphatic carbocycles. The van der Waals surface area contributed by atoms with Gasteiger partial charge in [-0.25, -0.2) is 4.99 Å². The Hall–Kier alpha value is -1.45. The van der Waals surface area contributed by atoms with Crippen molar-refractivity contribution >= 4 is 6.21 Å². The number of ether oxygens (including phenoxy) is 1. The zero-order chi connectivity index (χ0) is 7.98. The smallest absolute Gasteiger partial charge is 0.205 e. The molecule has 4 N–H and O–H groups in total. The molecule has 0 saturated carbocycles. The van der Waals surface area contributed by atoms with Crippen LogP contribution < -0.4 is 11.5 Å². The number of nitrogens with two attached hydrogens (primary N) is 2. The number of hydrogen-bond donors (Lipinski definition) is 2. The summed E-state index contributed by atoms with van der Waals surface area (Å²) in [7, 11) is 1.47. The Kier molecular flexibility index (Phi) is 3.79. The molecule has 0 atom stereocenters. The molecule has 0 fully saturated rings. The molecule has 0 saturated heterocycles. The fourth-order valence-electron chi connectivity index (χ4n) is 0.242. The Balaban J connectivity index is 3.88. The van der Waals surface area contributed by atoms with Crippen LogP contribution >= 0.6 is 0 Å².